The second-order valence-corrected chi connectivity index (χ2v) is 9.98. The number of fused-ring (bicyclic) bond motifs is 2. The molecule has 0 spiro atoms. The normalized spacial score (nSPS) is 26.9. The summed E-state index contributed by atoms with van der Waals surface area (Å²) in [7, 11) is 0. The number of anilines is 1. The number of ether oxygens (including phenoxy) is 4. The van der Waals surface area contributed by atoms with Gasteiger partial charge in [-0.05, 0) is 55.5 Å². The Morgan fingerprint density at radius 3 is 2.49 bits per heavy atom. The maximum Gasteiger partial charge on any atom is 0.338 e. The van der Waals surface area contributed by atoms with Crippen molar-refractivity contribution in [1.82, 2.24) is 14.6 Å². The molecule has 0 amide bonds. The van der Waals surface area contributed by atoms with Crippen LogP contribution in [0.15, 0.2) is 67.0 Å². The van der Waals surface area contributed by atoms with E-state index >= 15 is 0 Å². The van der Waals surface area contributed by atoms with Crippen LogP contribution in [-0.4, -0.2) is 45.0 Å². The second-order valence-electron chi connectivity index (χ2n) is 9.10. The molecule has 37 heavy (non-hydrogen) atoms. The fourth-order valence-electron chi connectivity index (χ4n) is 4.90. The molecule has 4 heterocycles. The quantitative estimate of drug-likeness (QED) is 0.360. The topological polar surface area (TPSA) is 110 Å². The molecule has 2 aromatic heterocycles. The van der Waals surface area contributed by atoms with Crippen LogP contribution in [0.5, 0.6) is 0 Å². The first kappa shape index (κ1) is 24.1. The van der Waals surface area contributed by atoms with Gasteiger partial charge in [0.1, 0.15) is 42.4 Å². The number of nitrogen functional groups attached to an aromatic ring is 1. The zero-order valence-corrected chi connectivity index (χ0v) is 21.1. The summed E-state index contributed by atoms with van der Waals surface area (Å²) in [4.78, 5) is 16.7. The molecule has 5 atom stereocenters. The maximum atomic E-state index is 12.7. The van der Waals surface area contributed by atoms with E-state index in [4.69, 9.17) is 47.9 Å². The zero-order valence-electron chi connectivity index (χ0n) is 19.6. The van der Waals surface area contributed by atoms with Gasteiger partial charge < -0.3 is 24.7 Å². The molecule has 2 fully saturated rings. The third-order valence-electron chi connectivity index (χ3n) is 6.75. The first-order chi connectivity index (χ1) is 17.8. The van der Waals surface area contributed by atoms with Crippen LogP contribution in [0, 0.1) is 0 Å². The van der Waals surface area contributed by atoms with E-state index in [1.54, 1.807) is 40.9 Å². The molecule has 0 radical (unpaired) electrons. The van der Waals surface area contributed by atoms with E-state index in [0.717, 1.165) is 5.56 Å². The average Bonchev–Trinajstić information content (AvgIpc) is 3.54. The van der Waals surface area contributed by atoms with Crippen molar-refractivity contribution in [3.8, 4) is 0 Å². The van der Waals surface area contributed by atoms with Gasteiger partial charge in [-0.3, -0.25) is 0 Å². The molecule has 2 aromatic carbocycles. The number of hydrogen-bond acceptors (Lipinski definition) is 8. The van der Waals surface area contributed by atoms with E-state index in [0.29, 0.717) is 32.6 Å². The van der Waals surface area contributed by atoms with Gasteiger partial charge in [0, 0.05) is 15.6 Å². The van der Waals surface area contributed by atoms with Crippen LogP contribution in [0.1, 0.15) is 40.9 Å². The molecule has 190 valence electrons. The predicted octanol–water partition coefficient (Wildman–Crippen LogP) is 4.79. The smallest absolute Gasteiger partial charge is 0.338 e. The molecule has 9 nitrogen and oxygen atoms in total. The lowest BCUT2D eigenvalue weighted by Crippen LogP contribution is -2.41. The summed E-state index contributed by atoms with van der Waals surface area (Å²) >= 11 is 12.0. The van der Waals surface area contributed by atoms with Gasteiger partial charge in [0.25, 0.3) is 0 Å². The minimum absolute atomic E-state index is 0.0463. The lowest BCUT2D eigenvalue weighted by Gasteiger charge is -2.27. The molecule has 2 saturated heterocycles. The first-order valence-corrected chi connectivity index (χ1v) is 12.3. The minimum Gasteiger partial charge on any atom is -0.459 e. The highest BCUT2D eigenvalue weighted by Crippen LogP contribution is 2.53. The van der Waals surface area contributed by atoms with E-state index in [1.165, 1.54) is 6.33 Å². The number of nitrogens with zero attached hydrogens (tertiary/aromatic N) is 3. The van der Waals surface area contributed by atoms with Crippen LogP contribution >= 0.6 is 23.2 Å². The molecular weight excluding hydrogens is 519 g/mol. The molecule has 0 bridgehead atoms. The number of benzene rings is 2. The first-order valence-electron chi connectivity index (χ1n) is 11.6. The third kappa shape index (κ3) is 4.22. The van der Waals surface area contributed by atoms with E-state index in [9.17, 15) is 4.79 Å². The Morgan fingerprint density at radius 1 is 1.05 bits per heavy atom. The van der Waals surface area contributed by atoms with Gasteiger partial charge in [0.05, 0.1) is 11.3 Å². The molecule has 2 aliphatic heterocycles. The Kier molecular flexibility index (Phi) is 6.05. The Morgan fingerprint density at radius 2 is 1.76 bits per heavy atom. The molecule has 11 heteroatoms. The fourth-order valence-corrected chi connectivity index (χ4v) is 5.15. The van der Waals surface area contributed by atoms with Crippen molar-refractivity contribution in [3.05, 3.63) is 93.9 Å². The molecule has 6 rings (SSSR count). The van der Waals surface area contributed by atoms with Gasteiger partial charge in [0.2, 0.25) is 0 Å². The Hall–Kier alpha value is -3.21. The van der Waals surface area contributed by atoms with Crippen molar-refractivity contribution >= 4 is 40.5 Å². The highest BCUT2D eigenvalue weighted by molar-refractivity contribution is 6.30. The highest BCUT2D eigenvalue weighted by Gasteiger charge is 2.62. The molecule has 0 saturated carbocycles. The van der Waals surface area contributed by atoms with Crippen molar-refractivity contribution in [3.63, 3.8) is 0 Å². The minimum atomic E-state index is -0.935. The van der Waals surface area contributed by atoms with Gasteiger partial charge in [-0.1, -0.05) is 35.3 Å². The number of rotatable bonds is 5. The summed E-state index contributed by atoms with van der Waals surface area (Å²) in [6.45, 7) is 1.87. The van der Waals surface area contributed by atoms with Gasteiger partial charge >= 0.3 is 5.97 Å². The van der Waals surface area contributed by atoms with Crippen LogP contribution in [-0.2, 0) is 18.9 Å². The standard InChI is InChI=1S/C26H22Cl2N4O5/c1-26-21(18-10-11-19-23(29)30-13-31-32(18)19)35-20(12-34-24(33)14-2-6-16(27)7-3-14)22(26)36-25(37-26)15-4-8-17(28)9-5-15/h2-11,13,20-22,25H,12H2,1H3,(H2,29,30,31)/t20-,21+,22-,25?,26+/m1/s1. The average molecular weight is 541 g/mol. The molecule has 4 aromatic rings. The van der Waals surface area contributed by atoms with Crippen molar-refractivity contribution in [2.75, 3.05) is 12.3 Å². The Balaban J connectivity index is 1.31. The van der Waals surface area contributed by atoms with E-state index in [-0.39, 0.29) is 6.61 Å². The maximum absolute atomic E-state index is 12.7. The van der Waals surface area contributed by atoms with Crippen LogP contribution in [0.4, 0.5) is 5.82 Å². The molecular formula is C26H22Cl2N4O5. The Labute approximate surface area is 222 Å². The van der Waals surface area contributed by atoms with E-state index in [2.05, 4.69) is 10.1 Å². The van der Waals surface area contributed by atoms with Crippen molar-refractivity contribution in [2.45, 2.75) is 37.1 Å². The Bertz CT molecular complexity index is 1460. The lowest BCUT2D eigenvalue weighted by atomic mass is 9.91. The zero-order chi connectivity index (χ0) is 25.7. The summed E-state index contributed by atoms with van der Waals surface area (Å²) in [5, 5.41) is 5.50. The summed E-state index contributed by atoms with van der Waals surface area (Å²) in [6, 6.07) is 17.4. The predicted molar refractivity (Wildman–Crippen MR) is 135 cm³/mol. The monoisotopic (exact) mass is 540 g/mol. The number of aromatic nitrogens is 3. The number of hydrogen-bond donors (Lipinski definition) is 1. The van der Waals surface area contributed by atoms with E-state index in [1.807, 2.05) is 31.2 Å². The number of halogens is 2. The van der Waals surface area contributed by atoms with Crippen LogP contribution in [0.3, 0.4) is 0 Å². The van der Waals surface area contributed by atoms with Gasteiger partial charge in [-0.25, -0.2) is 14.3 Å². The molecule has 1 unspecified atom stereocenters. The number of nitrogens with two attached hydrogens (primary N) is 1. The summed E-state index contributed by atoms with van der Waals surface area (Å²) < 4.78 is 26.6. The lowest BCUT2D eigenvalue weighted by molar-refractivity contribution is -0.158. The van der Waals surface area contributed by atoms with Crippen LogP contribution < -0.4 is 5.73 Å². The summed E-state index contributed by atoms with van der Waals surface area (Å²) in [6.07, 6.45) is -1.06. The van der Waals surface area contributed by atoms with Crippen LogP contribution in [0.2, 0.25) is 10.0 Å². The number of esters is 1. The SMILES string of the molecule is C[C@@]12OC(c3ccc(Cl)cc3)O[C@@H]1[C@@H](COC(=O)c1ccc(Cl)cc1)O[C@H]2c1ccc2c(N)ncnn12. The summed E-state index contributed by atoms with van der Waals surface area (Å²) in [5.41, 5.74) is 7.66. The van der Waals surface area contributed by atoms with E-state index < -0.39 is 36.2 Å². The molecule has 2 aliphatic rings. The van der Waals surface area contributed by atoms with Crippen LogP contribution in [0.25, 0.3) is 5.52 Å². The summed E-state index contributed by atoms with van der Waals surface area (Å²) in [5.74, 6) is -0.149. The number of carbonyl (C=O) groups excluding carboxylic acids is 1. The van der Waals surface area contributed by atoms with Gasteiger partial charge in [-0.2, -0.15) is 5.10 Å². The fraction of sp³-hybridized carbons (Fsp3) is 0.269. The third-order valence-corrected chi connectivity index (χ3v) is 7.25. The molecule has 2 N–H and O–H groups in total. The molecule has 0 aliphatic carbocycles. The highest BCUT2D eigenvalue weighted by atomic mass is 35.5. The van der Waals surface area contributed by atoms with Gasteiger partial charge in [0.15, 0.2) is 12.1 Å². The van der Waals surface area contributed by atoms with Crippen molar-refractivity contribution in [1.29, 1.82) is 0 Å². The van der Waals surface area contributed by atoms with Gasteiger partial charge in [-0.15, -0.1) is 0 Å². The number of carbonyl (C=O) groups is 1. The second kappa shape index (κ2) is 9.27. The van der Waals surface area contributed by atoms with Crippen molar-refractivity contribution in [2.24, 2.45) is 0 Å². The van der Waals surface area contributed by atoms with Crippen molar-refractivity contribution < 1.29 is 23.7 Å². The largest absolute Gasteiger partial charge is 0.459 e.